The minimum absolute atomic E-state index is 0.182. The van der Waals surface area contributed by atoms with Crippen LogP contribution in [0.25, 0.3) is 0 Å². The van der Waals surface area contributed by atoms with Crippen LogP contribution in [0.4, 0.5) is 0 Å². The van der Waals surface area contributed by atoms with Gasteiger partial charge in [-0.25, -0.2) is 0 Å². The molecule has 0 spiro atoms. The van der Waals surface area contributed by atoms with Crippen molar-refractivity contribution < 1.29 is 38.2 Å². The lowest BCUT2D eigenvalue weighted by Gasteiger charge is -2.12. The number of rotatable bonds is 7. The lowest BCUT2D eigenvalue weighted by molar-refractivity contribution is 0.457. The molecule has 0 radical (unpaired) electrons. The van der Waals surface area contributed by atoms with Crippen molar-refractivity contribution in [3.63, 3.8) is 0 Å². The second kappa shape index (κ2) is 8.54. The molecule has 12 heteroatoms. The summed E-state index contributed by atoms with van der Waals surface area (Å²) in [7, 11) is -13.8. The van der Waals surface area contributed by atoms with Crippen molar-refractivity contribution in [3.05, 3.63) is 77.9 Å². The zero-order valence-electron chi connectivity index (χ0n) is 16.8. The third-order valence-electron chi connectivity index (χ3n) is 4.22. The fraction of sp³-hybridized carbons (Fsp3) is 0.100. The van der Waals surface area contributed by atoms with Crippen LogP contribution >= 0.6 is 0 Å². The fourth-order valence-electron chi connectivity index (χ4n) is 2.56. The second-order valence-corrected chi connectivity index (χ2v) is 11.3. The largest absolute Gasteiger partial charge is 0.379 e. The van der Waals surface area contributed by atoms with E-state index in [1.54, 1.807) is 26.0 Å². The van der Waals surface area contributed by atoms with Crippen LogP contribution < -0.4 is 8.37 Å². The Morgan fingerprint density at radius 1 is 0.625 bits per heavy atom. The average molecular weight is 499 g/mol. The highest BCUT2D eigenvalue weighted by Crippen LogP contribution is 2.32. The van der Waals surface area contributed by atoms with E-state index in [0.29, 0.717) is 6.07 Å². The van der Waals surface area contributed by atoms with Gasteiger partial charge < -0.3 is 8.37 Å². The first kappa shape index (κ1) is 23.7. The van der Waals surface area contributed by atoms with Crippen LogP contribution in [0.15, 0.2) is 81.4 Å². The van der Waals surface area contributed by atoms with Crippen molar-refractivity contribution in [3.8, 4) is 11.5 Å². The van der Waals surface area contributed by atoms with Gasteiger partial charge in [-0.1, -0.05) is 35.4 Å². The van der Waals surface area contributed by atoms with Gasteiger partial charge in [0.05, 0.1) is 0 Å². The number of benzene rings is 3. The third-order valence-corrected chi connectivity index (χ3v) is 7.60. The summed E-state index contributed by atoms with van der Waals surface area (Å²) in [5.41, 5.74) is 1.60. The first-order valence-electron chi connectivity index (χ1n) is 8.92. The van der Waals surface area contributed by atoms with Gasteiger partial charge in [-0.2, -0.15) is 25.3 Å². The molecule has 3 rings (SSSR count). The van der Waals surface area contributed by atoms with Crippen molar-refractivity contribution >= 4 is 30.4 Å². The molecule has 0 heterocycles. The molecule has 0 atom stereocenters. The Hall–Kier alpha value is -2.93. The van der Waals surface area contributed by atoms with E-state index in [2.05, 4.69) is 0 Å². The van der Waals surface area contributed by atoms with Gasteiger partial charge in [0.2, 0.25) is 0 Å². The highest BCUT2D eigenvalue weighted by Gasteiger charge is 2.26. The summed E-state index contributed by atoms with van der Waals surface area (Å²) in [6.45, 7) is 3.51. The third kappa shape index (κ3) is 5.46. The molecule has 0 saturated heterocycles. The summed E-state index contributed by atoms with van der Waals surface area (Å²) in [5, 5.41) is 0. The van der Waals surface area contributed by atoms with E-state index in [9.17, 15) is 29.8 Å². The molecular weight excluding hydrogens is 480 g/mol. The van der Waals surface area contributed by atoms with Crippen LogP contribution in [0.3, 0.4) is 0 Å². The normalized spacial score (nSPS) is 12.3. The summed E-state index contributed by atoms with van der Waals surface area (Å²) in [6, 6.07) is 13.8. The first-order chi connectivity index (χ1) is 14.8. The summed E-state index contributed by atoms with van der Waals surface area (Å²) in [5.74, 6) is -1.20. The maximum Gasteiger partial charge on any atom is 0.339 e. The topological polar surface area (TPSA) is 141 Å². The van der Waals surface area contributed by atoms with E-state index in [4.69, 9.17) is 8.37 Å². The van der Waals surface area contributed by atoms with Crippen molar-refractivity contribution in [2.45, 2.75) is 28.5 Å². The Labute approximate surface area is 186 Å². The van der Waals surface area contributed by atoms with Crippen LogP contribution in [-0.4, -0.2) is 29.8 Å². The van der Waals surface area contributed by atoms with Crippen LogP contribution in [0.5, 0.6) is 11.5 Å². The molecule has 0 fully saturated rings. The number of hydrogen-bond acceptors (Lipinski definition) is 8. The van der Waals surface area contributed by atoms with E-state index in [1.165, 1.54) is 36.4 Å². The predicted molar refractivity (Wildman–Crippen MR) is 114 cm³/mol. The molecule has 0 saturated carbocycles. The lowest BCUT2D eigenvalue weighted by Crippen LogP contribution is -2.13. The number of aryl methyl sites for hydroxylation is 2. The van der Waals surface area contributed by atoms with E-state index in [-0.39, 0.29) is 9.79 Å². The van der Waals surface area contributed by atoms with Crippen LogP contribution in [0, 0.1) is 13.8 Å². The molecule has 0 aliphatic rings. The van der Waals surface area contributed by atoms with Crippen LogP contribution in [-0.2, 0) is 30.4 Å². The molecule has 0 bridgehead atoms. The summed E-state index contributed by atoms with van der Waals surface area (Å²) in [6.07, 6.45) is 0. The van der Waals surface area contributed by atoms with Gasteiger partial charge in [0.15, 0.2) is 5.75 Å². The van der Waals surface area contributed by atoms with E-state index in [1.807, 2.05) is 0 Å². The Morgan fingerprint density at radius 3 is 1.50 bits per heavy atom. The summed E-state index contributed by atoms with van der Waals surface area (Å²) < 4.78 is 92.9. The molecule has 32 heavy (non-hydrogen) atoms. The van der Waals surface area contributed by atoms with E-state index < -0.39 is 46.7 Å². The molecule has 0 aromatic heterocycles. The zero-order chi connectivity index (χ0) is 23.7. The summed E-state index contributed by atoms with van der Waals surface area (Å²) in [4.78, 5) is -1.41. The van der Waals surface area contributed by atoms with Crippen molar-refractivity contribution in [1.82, 2.24) is 0 Å². The fourth-order valence-corrected chi connectivity index (χ4v) is 5.11. The Balaban J connectivity index is 1.98. The highest BCUT2D eigenvalue weighted by atomic mass is 32.2. The zero-order valence-corrected chi connectivity index (χ0v) is 19.2. The molecule has 3 aromatic carbocycles. The Bertz CT molecular complexity index is 1460. The second-order valence-electron chi connectivity index (χ2n) is 6.78. The molecule has 0 aliphatic heterocycles. The quantitative estimate of drug-likeness (QED) is 0.384. The number of hydrogen-bond donors (Lipinski definition) is 1. The minimum atomic E-state index is -5.01. The van der Waals surface area contributed by atoms with Crippen molar-refractivity contribution in [1.29, 1.82) is 0 Å². The predicted octanol–water partition coefficient (Wildman–Crippen LogP) is 3.09. The molecule has 3 aromatic rings. The highest BCUT2D eigenvalue weighted by molar-refractivity contribution is 7.87. The molecule has 9 nitrogen and oxygen atoms in total. The maximum atomic E-state index is 12.5. The Morgan fingerprint density at radius 2 is 1.06 bits per heavy atom. The molecule has 1 N–H and O–H groups in total. The van der Waals surface area contributed by atoms with Gasteiger partial charge in [0, 0.05) is 6.07 Å². The van der Waals surface area contributed by atoms with Crippen LogP contribution in [0.2, 0.25) is 0 Å². The molecule has 0 amide bonds. The molecular formula is C20H18O9S3. The van der Waals surface area contributed by atoms with Gasteiger partial charge in [-0.15, -0.1) is 0 Å². The smallest absolute Gasteiger partial charge is 0.339 e. The van der Waals surface area contributed by atoms with Gasteiger partial charge in [-0.05, 0) is 50.2 Å². The van der Waals surface area contributed by atoms with Gasteiger partial charge in [0.1, 0.15) is 20.4 Å². The Kier molecular flexibility index (Phi) is 6.33. The van der Waals surface area contributed by atoms with Gasteiger partial charge in [-0.3, -0.25) is 4.55 Å². The van der Waals surface area contributed by atoms with Crippen LogP contribution in [0.1, 0.15) is 11.1 Å². The van der Waals surface area contributed by atoms with Crippen molar-refractivity contribution in [2.24, 2.45) is 0 Å². The lowest BCUT2D eigenvalue weighted by atomic mass is 10.2. The summed E-state index contributed by atoms with van der Waals surface area (Å²) >= 11 is 0. The standard InChI is InChI=1S/C20H18O9S3/c1-14-3-8-17(9-4-14)31(24,25)28-16-7-12-19(20(13-16)30(21,22)23)29-32(26,27)18-10-5-15(2)6-11-18/h3-13H,1-2H3,(H,21,22,23). The van der Waals surface area contributed by atoms with Crippen molar-refractivity contribution in [2.75, 3.05) is 0 Å². The first-order valence-corrected chi connectivity index (χ1v) is 13.2. The molecule has 170 valence electrons. The average Bonchev–Trinajstić information content (AvgIpc) is 2.68. The maximum absolute atomic E-state index is 12.5. The van der Waals surface area contributed by atoms with Gasteiger partial charge in [0.25, 0.3) is 10.1 Å². The molecule has 0 unspecified atom stereocenters. The molecule has 0 aliphatic carbocycles. The monoisotopic (exact) mass is 498 g/mol. The van der Waals surface area contributed by atoms with Gasteiger partial charge >= 0.3 is 20.2 Å². The van der Waals surface area contributed by atoms with E-state index in [0.717, 1.165) is 23.3 Å². The SMILES string of the molecule is Cc1ccc(S(=O)(=O)Oc2ccc(OS(=O)(=O)c3ccc(C)cc3)c(S(=O)(=O)O)c2)cc1. The van der Waals surface area contributed by atoms with E-state index >= 15 is 0 Å². The minimum Gasteiger partial charge on any atom is -0.379 e.